The van der Waals surface area contributed by atoms with Gasteiger partial charge in [-0.2, -0.15) is 0 Å². The van der Waals surface area contributed by atoms with Crippen LogP contribution in [-0.4, -0.2) is 23.1 Å². The molecule has 1 atom stereocenters. The molecule has 1 saturated heterocycles. The molecule has 3 nitrogen and oxygen atoms in total. The van der Waals surface area contributed by atoms with Gasteiger partial charge in [0, 0.05) is 23.7 Å². The quantitative estimate of drug-likeness (QED) is 0.798. The Hall–Kier alpha value is -0.780. The molecule has 1 aromatic rings. The summed E-state index contributed by atoms with van der Waals surface area (Å²) in [6.45, 7) is 1.64. The van der Waals surface area contributed by atoms with Crippen molar-refractivity contribution in [1.82, 2.24) is 10.9 Å². The molecule has 1 fully saturated rings. The van der Waals surface area contributed by atoms with Gasteiger partial charge >= 0.3 is 0 Å². The first-order chi connectivity index (χ1) is 7.25. The van der Waals surface area contributed by atoms with E-state index >= 15 is 0 Å². The Labute approximate surface area is 90.5 Å². The summed E-state index contributed by atoms with van der Waals surface area (Å²) in [7, 11) is -1.10. The number of hydrogen-bond acceptors (Lipinski definition) is 3. The van der Waals surface area contributed by atoms with Gasteiger partial charge in [-0.25, -0.2) is 4.39 Å². The van der Waals surface area contributed by atoms with Gasteiger partial charge in [-0.05, 0) is 24.1 Å². The van der Waals surface area contributed by atoms with Crippen LogP contribution in [0.25, 0.3) is 0 Å². The average Bonchev–Trinajstić information content (AvgIpc) is 2.70. The summed E-state index contributed by atoms with van der Waals surface area (Å²) in [5, 5.41) is 0. The lowest BCUT2D eigenvalue weighted by molar-refractivity contribution is 0.620. The van der Waals surface area contributed by atoms with Crippen molar-refractivity contribution in [1.29, 1.82) is 0 Å². The molecule has 1 unspecified atom stereocenters. The topological polar surface area (TPSA) is 41.1 Å². The van der Waals surface area contributed by atoms with Crippen molar-refractivity contribution in [2.45, 2.75) is 4.90 Å². The van der Waals surface area contributed by atoms with Gasteiger partial charge in [-0.3, -0.25) is 15.1 Å². The zero-order chi connectivity index (χ0) is 10.7. The first-order valence-electron chi connectivity index (χ1n) is 4.85. The monoisotopic (exact) mass is 228 g/mol. The molecule has 2 rings (SSSR count). The Morgan fingerprint density at radius 2 is 2.13 bits per heavy atom. The van der Waals surface area contributed by atoms with Gasteiger partial charge in [-0.15, -0.1) is 0 Å². The third kappa shape index (κ3) is 2.84. The molecule has 0 spiro atoms. The molecule has 0 aromatic heterocycles. The molecule has 5 heteroatoms. The molecule has 2 N–H and O–H groups in total. The highest BCUT2D eigenvalue weighted by atomic mass is 32.2. The number of nitrogens with one attached hydrogen (secondary N) is 2. The van der Waals surface area contributed by atoms with Gasteiger partial charge in [0.2, 0.25) is 0 Å². The van der Waals surface area contributed by atoms with Crippen LogP contribution in [0.15, 0.2) is 29.2 Å². The third-order valence-electron chi connectivity index (χ3n) is 2.35. The summed E-state index contributed by atoms with van der Waals surface area (Å²) < 4.78 is 24.7. The Bertz CT molecular complexity index is 366. The number of halogens is 1. The third-order valence-corrected chi connectivity index (χ3v) is 3.91. The first kappa shape index (κ1) is 10.7. The maximum atomic E-state index is 12.9. The predicted octanol–water partition coefficient (Wildman–Crippen LogP) is 0.657. The van der Waals surface area contributed by atoms with Crippen molar-refractivity contribution in [2.75, 3.05) is 18.8 Å². The molecule has 1 aromatic carbocycles. The second kappa shape index (κ2) is 4.83. The second-order valence-corrected chi connectivity index (χ2v) is 5.09. The first-order valence-corrected chi connectivity index (χ1v) is 6.17. The van der Waals surface area contributed by atoms with Gasteiger partial charge in [0.05, 0.1) is 10.8 Å². The van der Waals surface area contributed by atoms with Crippen LogP contribution in [0, 0.1) is 11.7 Å². The van der Waals surface area contributed by atoms with E-state index in [9.17, 15) is 8.60 Å². The van der Waals surface area contributed by atoms with E-state index in [1.54, 1.807) is 12.1 Å². The minimum Gasteiger partial charge on any atom is -0.257 e. The molecule has 0 bridgehead atoms. The molecule has 1 aliphatic rings. The number of hydrazine groups is 1. The molecule has 1 aliphatic heterocycles. The smallest absolute Gasteiger partial charge is 0.124 e. The molecule has 1 heterocycles. The molecular formula is C10H13FN2OS. The Kier molecular flexibility index (Phi) is 3.45. The summed E-state index contributed by atoms with van der Waals surface area (Å²) in [4.78, 5) is 0.571. The summed E-state index contributed by atoms with van der Waals surface area (Å²) in [6.07, 6.45) is 0. The Morgan fingerprint density at radius 3 is 2.80 bits per heavy atom. The van der Waals surface area contributed by atoms with Crippen LogP contribution in [0.3, 0.4) is 0 Å². The minimum atomic E-state index is -1.10. The number of rotatable bonds is 3. The second-order valence-electron chi connectivity index (χ2n) is 3.60. The van der Waals surface area contributed by atoms with Crippen molar-refractivity contribution in [2.24, 2.45) is 5.92 Å². The fourth-order valence-corrected chi connectivity index (χ4v) is 2.87. The maximum absolute atomic E-state index is 12.9. The zero-order valence-electron chi connectivity index (χ0n) is 8.20. The van der Waals surface area contributed by atoms with Crippen LogP contribution < -0.4 is 10.9 Å². The van der Waals surface area contributed by atoms with E-state index in [1.807, 2.05) is 0 Å². The van der Waals surface area contributed by atoms with Crippen LogP contribution in [0.2, 0.25) is 0 Å². The van der Waals surface area contributed by atoms with Crippen molar-refractivity contribution in [3.63, 3.8) is 0 Å². The van der Waals surface area contributed by atoms with Crippen molar-refractivity contribution in [3.8, 4) is 0 Å². The minimum absolute atomic E-state index is 0.330. The van der Waals surface area contributed by atoms with Crippen molar-refractivity contribution < 1.29 is 8.60 Å². The highest BCUT2D eigenvalue weighted by molar-refractivity contribution is 7.85. The molecule has 0 saturated carbocycles. The SMILES string of the molecule is O=S(CC1CNNC1)c1cccc(F)c1. The summed E-state index contributed by atoms with van der Waals surface area (Å²) in [5.41, 5.74) is 5.96. The molecule has 15 heavy (non-hydrogen) atoms. The average molecular weight is 228 g/mol. The van der Waals surface area contributed by atoms with Crippen molar-refractivity contribution in [3.05, 3.63) is 30.1 Å². The van der Waals surface area contributed by atoms with E-state index < -0.39 is 10.8 Å². The largest absolute Gasteiger partial charge is 0.257 e. The Morgan fingerprint density at radius 1 is 1.40 bits per heavy atom. The molecule has 0 aliphatic carbocycles. The molecule has 0 amide bonds. The lowest BCUT2D eigenvalue weighted by Crippen LogP contribution is -2.21. The lowest BCUT2D eigenvalue weighted by Gasteiger charge is -2.06. The number of benzene rings is 1. The van der Waals surface area contributed by atoms with Crippen molar-refractivity contribution >= 4 is 10.8 Å². The molecule has 0 radical (unpaired) electrons. The normalized spacial score (nSPS) is 19.3. The highest BCUT2D eigenvalue weighted by Crippen LogP contribution is 2.12. The van der Waals surface area contributed by atoms with E-state index in [1.165, 1.54) is 12.1 Å². The van der Waals surface area contributed by atoms with Gasteiger partial charge in [0.1, 0.15) is 5.82 Å². The number of hydrogen-bond donors (Lipinski definition) is 2. The standard InChI is InChI=1S/C10H13FN2OS/c11-9-2-1-3-10(4-9)15(14)7-8-5-12-13-6-8/h1-4,8,12-13H,5-7H2. The van der Waals surface area contributed by atoms with E-state index in [0.717, 1.165) is 13.1 Å². The Balaban J connectivity index is 2.01. The molecular weight excluding hydrogens is 215 g/mol. The van der Waals surface area contributed by atoms with Gasteiger partial charge in [-0.1, -0.05) is 6.07 Å². The van der Waals surface area contributed by atoms with E-state index in [2.05, 4.69) is 10.9 Å². The van der Waals surface area contributed by atoms with Gasteiger partial charge in [0.25, 0.3) is 0 Å². The van der Waals surface area contributed by atoms with Crippen LogP contribution in [0.4, 0.5) is 4.39 Å². The van der Waals surface area contributed by atoms with E-state index in [4.69, 9.17) is 0 Å². The fraction of sp³-hybridized carbons (Fsp3) is 0.400. The van der Waals surface area contributed by atoms with Gasteiger partial charge < -0.3 is 0 Å². The summed E-state index contributed by atoms with van der Waals surface area (Å²) >= 11 is 0. The highest BCUT2D eigenvalue weighted by Gasteiger charge is 2.17. The van der Waals surface area contributed by atoms with Crippen LogP contribution >= 0.6 is 0 Å². The fourth-order valence-electron chi connectivity index (χ4n) is 1.54. The zero-order valence-corrected chi connectivity index (χ0v) is 9.02. The molecule has 82 valence electrons. The van der Waals surface area contributed by atoms with Crippen LogP contribution in [-0.2, 0) is 10.8 Å². The van der Waals surface area contributed by atoms with Crippen LogP contribution in [0.5, 0.6) is 0 Å². The van der Waals surface area contributed by atoms with E-state index in [0.29, 0.717) is 16.6 Å². The van der Waals surface area contributed by atoms with Gasteiger partial charge in [0.15, 0.2) is 0 Å². The van der Waals surface area contributed by atoms with Crippen LogP contribution in [0.1, 0.15) is 0 Å². The maximum Gasteiger partial charge on any atom is 0.124 e. The lowest BCUT2D eigenvalue weighted by atomic mass is 10.2. The summed E-state index contributed by atoms with van der Waals surface area (Å²) in [5.74, 6) is 0.598. The predicted molar refractivity (Wildman–Crippen MR) is 57.2 cm³/mol. The van der Waals surface area contributed by atoms with E-state index in [-0.39, 0.29) is 5.82 Å². The summed E-state index contributed by atoms with van der Waals surface area (Å²) in [6, 6.07) is 5.99.